The minimum Gasteiger partial charge on any atom is -0.477 e. The maximum Gasteiger partial charge on any atom is 0.352 e. The van der Waals surface area contributed by atoms with Gasteiger partial charge < -0.3 is 23.9 Å². The topological polar surface area (TPSA) is 209 Å². The second kappa shape index (κ2) is 10.1. The van der Waals surface area contributed by atoms with Gasteiger partial charge in [-0.25, -0.2) is 9.48 Å². The molecule has 1 fully saturated rings. The number of β-lactam (4-membered cyclic amide) rings is 1. The van der Waals surface area contributed by atoms with Crippen LogP contribution in [0.3, 0.4) is 0 Å². The molecule has 4 heterocycles. The standard InChI is InChI=1S/C17H18ClN7O9S3/c1-24-16(20-22-23-24)36-6-7-5-35-15-17(32-2,14(29)25(15)11(7)13(27)28)19-9(26)4-8-10(18)12(21-33-8)34-37(3,30)31/h15H,4-6H2,1-3H3,(H,19,26)(H,27,28)/t15-,17-/m0/s1. The molecule has 0 unspecified atom stereocenters. The second-order valence-electron chi connectivity index (χ2n) is 7.65. The molecule has 16 nitrogen and oxygen atoms in total. The number of tetrazole rings is 1. The molecule has 2 amide bonds. The summed E-state index contributed by atoms with van der Waals surface area (Å²) in [4.78, 5) is 39.1. The number of aliphatic carboxylic acids is 1. The molecular formula is C17H18ClN7O9S3. The van der Waals surface area contributed by atoms with Crippen LogP contribution in [0.1, 0.15) is 5.76 Å². The Morgan fingerprint density at radius 2 is 2.16 bits per heavy atom. The molecule has 4 rings (SSSR count). The summed E-state index contributed by atoms with van der Waals surface area (Å²) in [6.45, 7) is 0. The first-order chi connectivity index (χ1) is 17.4. The number of hydrogen-bond acceptors (Lipinski definition) is 14. The Labute approximate surface area is 222 Å². The molecule has 0 aromatic carbocycles. The maximum atomic E-state index is 13.2. The van der Waals surface area contributed by atoms with Crippen LogP contribution in [-0.2, 0) is 42.7 Å². The third-order valence-corrected chi connectivity index (χ3v) is 8.44. The van der Waals surface area contributed by atoms with Gasteiger partial charge >= 0.3 is 16.1 Å². The van der Waals surface area contributed by atoms with Crippen molar-refractivity contribution in [3.05, 3.63) is 22.1 Å². The van der Waals surface area contributed by atoms with Crippen molar-refractivity contribution in [3.63, 3.8) is 0 Å². The Hall–Kier alpha value is -2.87. The van der Waals surface area contributed by atoms with Crippen molar-refractivity contribution in [2.45, 2.75) is 22.7 Å². The molecule has 0 spiro atoms. The SMILES string of the molecule is CO[C@@]1(NC(=O)Cc2onc(OS(C)(=O)=O)c2Cl)C(=O)N2C(C(=O)O)=C(CSc3nnnn3C)CS[C@H]21. The van der Waals surface area contributed by atoms with E-state index in [0.29, 0.717) is 10.7 Å². The van der Waals surface area contributed by atoms with Crippen molar-refractivity contribution in [2.75, 3.05) is 24.9 Å². The Morgan fingerprint density at radius 3 is 2.76 bits per heavy atom. The number of ether oxygens (including phenoxy) is 1. The van der Waals surface area contributed by atoms with Gasteiger partial charge in [0.1, 0.15) is 16.1 Å². The molecule has 0 aliphatic carbocycles. The Morgan fingerprint density at radius 1 is 1.43 bits per heavy atom. The summed E-state index contributed by atoms with van der Waals surface area (Å²) < 4.78 is 38.8. The summed E-state index contributed by atoms with van der Waals surface area (Å²) in [6, 6.07) is 0. The lowest BCUT2D eigenvalue weighted by Gasteiger charge is -2.55. The van der Waals surface area contributed by atoms with Gasteiger partial charge in [-0.2, -0.15) is 8.42 Å². The molecule has 2 aromatic rings. The number of carbonyl (C=O) groups is 3. The van der Waals surface area contributed by atoms with Crippen LogP contribution < -0.4 is 9.50 Å². The van der Waals surface area contributed by atoms with E-state index in [-0.39, 0.29) is 28.0 Å². The summed E-state index contributed by atoms with van der Waals surface area (Å²) in [5, 5.41) is 26.1. The fourth-order valence-electron chi connectivity index (χ4n) is 3.55. The zero-order valence-electron chi connectivity index (χ0n) is 19.2. The van der Waals surface area contributed by atoms with Crippen molar-refractivity contribution < 1.29 is 41.4 Å². The molecule has 2 atom stereocenters. The number of nitrogens with zero attached hydrogens (tertiary/aromatic N) is 6. The zero-order valence-corrected chi connectivity index (χ0v) is 22.4. The van der Waals surface area contributed by atoms with Crippen LogP contribution in [0, 0.1) is 0 Å². The number of fused-ring (bicyclic) bond motifs is 1. The van der Waals surface area contributed by atoms with Gasteiger partial charge in [0, 0.05) is 25.7 Å². The lowest BCUT2D eigenvalue weighted by atomic mass is 9.98. The molecule has 2 aromatic heterocycles. The van der Waals surface area contributed by atoms with Crippen molar-refractivity contribution >= 4 is 63.0 Å². The predicted molar refractivity (Wildman–Crippen MR) is 126 cm³/mol. The summed E-state index contributed by atoms with van der Waals surface area (Å²) in [5.41, 5.74) is -1.59. The van der Waals surface area contributed by atoms with Gasteiger partial charge in [0.05, 0.1) is 12.7 Å². The van der Waals surface area contributed by atoms with Gasteiger partial charge in [0.25, 0.3) is 17.5 Å². The number of carbonyl (C=O) groups excluding carboxylic acids is 2. The van der Waals surface area contributed by atoms with E-state index in [1.54, 1.807) is 7.05 Å². The number of carboxylic acid groups (broad SMARTS) is 1. The van der Waals surface area contributed by atoms with E-state index in [1.807, 2.05) is 0 Å². The number of amides is 2. The first kappa shape index (κ1) is 27.2. The number of halogens is 1. The highest BCUT2D eigenvalue weighted by Gasteiger charge is 2.66. The summed E-state index contributed by atoms with van der Waals surface area (Å²) in [5.74, 6) is -3.19. The van der Waals surface area contributed by atoms with Gasteiger partial charge in [0.15, 0.2) is 5.76 Å². The van der Waals surface area contributed by atoms with Crippen LogP contribution in [0.4, 0.5) is 0 Å². The summed E-state index contributed by atoms with van der Waals surface area (Å²) >= 11 is 8.41. The highest BCUT2D eigenvalue weighted by Crippen LogP contribution is 2.47. The molecule has 2 aliphatic heterocycles. The average Bonchev–Trinajstić information content (AvgIpc) is 3.39. The molecule has 0 saturated carbocycles. The quantitative estimate of drug-likeness (QED) is 0.150. The molecular weight excluding hydrogens is 578 g/mol. The first-order valence-electron chi connectivity index (χ1n) is 10.0. The van der Waals surface area contributed by atoms with Gasteiger partial charge in [-0.3, -0.25) is 14.5 Å². The van der Waals surface area contributed by atoms with Gasteiger partial charge in [-0.1, -0.05) is 23.4 Å². The van der Waals surface area contributed by atoms with Crippen LogP contribution in [-0.4, -0.2) is 97.5 Å². The van der Waals surface area contributed by atoms with E-state index in [2.05, 4.69) is 30.2 Å². The van der Waals surface area contributed by atoms with Crippen molar-refractivity contribution in [1.29, 1.82) is 0 Å². The second-order valence-corrected chi connectivity index (χ2v) is 11.6. The number of carboxylic acids is 1. The van der Waals surface area contributed by atoms with E-state index < -0.39 is 51.3 Å². The molecule has 0 bridgehead atoms. The molecule has 200 valence electrons. The number of methoxy groups -OCH3 is 1. The first-order valence-corrected chi connectivity index (χ1v) is 14.3. The Bertz CT molecular complexity index is 1410. The largest absolute Gasteiger partial charge is 0.477 e. The van der Waals surface area contributed by atoms with Crippen molar-refractivity contribution in [3.8, 4) is 5.88 Å². The monoisotopic (exact) mass is 595 g/mol. The number of aryl methyl sites for hydroxylation is 1. The van der Waals surface area contributed by atoms with E-state index in [1.165, 1.54) is 35.3 Å². The summed E-state index contributed by atoms with van der Waals surface area (Å²) in [6.07, 6.45) is 0.240. The highest BCUT2D eigenvalue weighted by atomic mass is 35.5. The zero-order chi connectivity index (χ0) is 27.1. The van der Waals surface area contributed by atoms with Crippen LogP contribution >= 0.6 is 35.1 Å². The van der Waals surface area contributed by atoms with E-state index in [9.17, 15) is 27.9 Å². The van der Waals surface area contributed by atoms with Crippen LogP contribution in [0.25, 0.3) is 0 Å². The number of rotatable bonds is 10. The predicted octanol–water partition coefficient (Wildman–Crippen LogP) is -0.763. The number of hydrogen-bond donors (Lipinski definition) is 2. The highest BCUT2D eigenvalue weighted by molar-refractivity contribution is 8.01. The number of thioether (sulfide) groups is 2. The summed E-state index contributed by atoms with van der Waals surface area (Å²) in [7, 11) is -1.10. The van der Waals surface area contributed by atoms with Crippen LogP contribution in [0.15, 0.2) is 20.9 Å². The average molecular weight is 596 g/mol. The third-order valence-electron chi connectivity index (χ3n) is 5.14. The van der Waals surface area contributed by atoms with Gasteiger partial charge in [0.2, 0.25) is 11.1 Å². The van der Waals surface area contributed by atoms with E-state index in [4.69, 9.17) is 20.9 Å². The Balaban J connectivity index is 1.50. The van der Waals surface area contributed by atoms with Crippen molar-refractivity contribution in [2.24, 2.45) is 7.05 Å². The van der Waals surface area contributed by atoms with Crippen LogP contribution in [0.5, 0.6) is 5.88 Å². The fourth-order valence-corrected chi connectivity index (χ4v) is 6.60. The fraction of sp³-hybridized carbons (Fsp3) is 0.471. The third kappa shape index (κ3) is 5.13. The molecule has 2 N–H and O–H groups in total. The number of nitrogens with one attached hydrogen (secondary N) is 1. The van der Waals surface area contributed by atoms with E-state index in [0.717, 1.165) is 11.2 Å². The van der Waals surface area contributed by atoms with Gasteiger partial charge in [-0.15, -0.1) is 16.9 Å². The minimum absolute atomic E-state index is 0.209. The van der Waals surface area contributed by atoms with E-state index >= 15 is 0 Å². The molecule has 20 heteroatoms. The normalized spacial score (nSPS) is 21.5. The van der Waals surface area contributed by atoms with Gasteiger partial charge in [-0.05, 0) is 21.2 Å². The lowest BCUT2D eigenvalue weighted by Crippen LogP contribution is -2.80. The molecule has 0 radical (unpaired) electrons. The molecule has 37 heavy (non-hydrogen) atoms. The minimum atomic E-state index is -3.94. The van der Waals surface area contributed by atoms with Crippen molar-refractivity contribution in [1.82, 2.24) is 35.6 Å². The lowest BCUT2D eigenvalue weighted by molar-refractivity contribution is -0.192. The Kier molecular flexibility index (Phi) is 7.43. The molecule has 2 aliphatic rings. The van der Waals surface area contributed by atoms with Crippen LogP contribution in [0.2, 0.25) is 5.02 Å². The maximum absolute atomic E-state index is 13.2. The number of aromatic nitrogens is 5. The molecule has 1 saturated heterocycles. The smallest absolute Gasteiger partial charge is 0.352 e.